The Bertz CT molecular complexity index is 991. The lowest BCUT2D eigenvalue weighted by Gasteiger charge is -2.36. The first-order valence-corrected chi connectivity index (χ1v) is 9.71. The van der Waals surface area contributed by atoms with Crippen molar-refractivity contribution in [2.45, 2.75) is 0 Å². The lowest BCUT2D eigenvalue weighted by atomic mass is 10.2. The van der Waals surface area contributed by atoms with Crippen molar-refractivity contribution in [1.82, 2.24) is 14.9 Å². The van der Waals surface area contributed by atoms with E-state index in [0.717, 1.165) is 21.1 Å². The van der Waals surface area contributed by atoms with Crippen LogP contribution in [0, 0.1) is 5.82 Å². The highest BCUT2D eigenvalue weighted by Crippen LogP contribution is 2.25. The van der Waals surface area contributed by atoms with Gasteiger partial charge in [0.05, 0.1) is 10.9 Å². The molecule has 1 fully saturated rings. The third-order valence-electron chi connectivity index (χ3n) is 4.72. The van der Waals surface area contributed by atoms with Gasteiger partial charge in [0.1, 0.15) is 12.1 Å². The molecule has 1 amide bonds. The highest BCUT2D eigenvalue weighted by atomic mass is 79.9. The van der Waals surface area contributed by atoms with Crippen molar-refractivity contribution >= 4 is 38.4 Å². The number of piperazine rings is 1. The van der Waals surface area contributed by atoms with Gasteiger partial charge in [-0.2, -0.15) is 0 Å². The van der Waals surface area contributed by atoms with E-state index >= 15 is 0 Å². The second-order valence-electron chi connectivity index (χ2n) is 6.47. The molecule has 4 rings (SSSR count). The van der Waals surface area contributed by atoms with Crippen molar-refractivity contribution in [3.8, 4) is 5.88 Å². The average molecular weight is 445 g/mol. The maximum absolute atomic E-state index is 13.1. The van der Waals surface area contributed by atoms with Crippen LogP contribution in [0.2, 0.25) is 0 Å². The minimum absolute atomic E-state index is 0.0742. The summed E-state index contributed by atoms with van der Waals surface area (Å²) in [4.78, 5) is 24.8. The van der Waals surface area contributed by atoms with E-state index in [9.17, 15) is 9.18 Å². The average Bonchev–Trinajstić information content (AvgIpc) is 2.72. The van der Waals surface area contributed by atoms with Crippen molar-refractivity contribution < 1.29 is 13.9 Å². The predicted molar refractivity (Wildman–Crippen MR) is 108 cm³/mol. The van der Waals surface area contributed by atoms with Gasteiger partial charge in [-0.15, -0.1) is 0 Å². The normalized spacial score (nSPS) is 14.4. The zero-order valence-corrected chi connectivity index (χ0v) is 16.6. The molecule has 2 heterocycles. The maximum atomic E-state index is 13.1. The highest BCUT2D eigenvalue weighted by Gasteiger charge is 2.22. The highest BCUT2D eigenvalue weighted by molar-refractivity contribution is 9.10. The van der Waals surface area contributed by atoms with Crippen molar-refractivity contribution in [3.63, 3.8) is 0 Å². The summed E-state index contributed by atoms with van der Waals surface area (Å²) in [6.07, 6.45) is 1.43. The summed E-state index contributed by atoms with van der Waals surface area (Å²) in [6, 6.07) is 12.0. The van der Waals surface area contributed by atoms with E-state index in [2.05, 4.69) is 30.8 Å². The van der Waals surface area contributed by atoms with E-state index in [0.29, 0.717) is 32.1 Å². The summed E-state index contributed by atoms with van der Waals surface area (Å²) in [5.41, 5.74) is 1.72. The Hall–Kier alpha value is -2.74. The van der Waals surface area contributed by atoms with E-state index < -0.39 is 0 Å². The number of hydrogen-bond donors (Lipinski definition) is 0. The molecule has 28 heavy (non-hydrogen) atoms. The van der Waals surface area contributed by atoms with Crippen LogP contribution >= 0.6 is 15.9 Å². The Morgan fingerprint density at radius 3 is 2.57 bits per heavy atom. The quantitative estimate of drug-likeness (QED) is 0.617. The first-order valence-electron chi connectivity index (χ1n) is 8.91. The molecule has 0 bridgehead atoms. The Labute approximate surface area is 170 Å². The van der Waals surface area contributed by atoms with E-state index in [4.69, 9.17) is 4.74 Å². The zero-order valence-electron chi connectivity index (χ0n) is 15.0. The summed E-state index contributed by atoms with van der Waals surface area (Å²) >= 11 is 3.43. The fourth-order valence-corrected chi connectivity index (χ4v) is 3.57. The van der Waals surface area contributed by atoms with Crippen molar-refractivity contribution in [1.29, 1.82) is 0 Å². The number of ether oxygens (including phenoxy) is 1. The van der Waals surface area contributed by atoms with Gasteiger partial charge in [0.2, 0.25) is 5.88 Å². The molecule has 1 saturated heterocycles. The molecule has 0 atom stereocenters. The Balaban J connectivity index is 1.35. The lowest BCUT2D eigenvalue weighted by molar-refractivity contribution is -0.133. The first kappa shape index (κ1) is 18.6. The molecule has 6 nitrogen and oxygen atoms in total. The minimum Gasteiger partial charge on any atom is -0.467 e. The SMILES string of the molecule is O=C(COc1ncnc2ccc(Br)cc12)N1CCN(c2ccc(F)cc2)CC1. The topological polar surface area (TPSA) is 58.6 Å². The summed E-state index contributed by atoms with van der Waals surface area (Å²) < 4.78 is 19.7. The molecule has 1 aromatic heterocycles. The fraction of sp³-hybridized carbons (Fsp3) is 0.250. The summed E-state index contributed by atoms with van der Waals surface area (Å²) in [5.74, 6) is 0.0594. The van der Waals surface area contributed by atoms with Crippen LogP contribution in [0.1, 0.15) is 0 Å². The molecule has 0 saturated carbocycles. The summed E-state index contributed by atoms with van der Waals surface area (Å²) in [7, 11) is 0. The minimum atomic E-state index is -0.251. The Kier molecular flexibility index (Phi) is 5.38. The molecule has 0 spiro atoms. The maximum Gasteiger partial charge on any atom is 0.260 e. The second-order valence-corrected chi connectivity index (χ2v) is 7.39. The third kappa shape index (κ3) is 4.06. The van der Waals surface area contributed by atoms with Gasteiger partial charge in [-0.3, -0.25) is 4.79 Å². The molecule has 0 N–H and O–H groups in total. The molecule has 1 aliphatic rings. The number of benzene rings is 2. The van der Waals surface area contributed by atoms with Gasteiger partial charge < -0.3 is 14.5 Å². The van der Waals surface area contributed by atoms with Crippen molar-refractivity contribution in [2.24, 2.45) is 0 Å². The van der Waals surface area contributed by atoms with Gasteiger partial charge in [-0.1, -0.05) is 15.9 Å². The van der Waals surface area contributed by atoms with Gasteiger partial charge in [0, 0.05) is 36.3 Å². The van der Waals surface area contributed by atoms with Crippen LogP contribution in [0.15, 0.2) is 53.3 Å². The van der Waals surface area contributed by atoms with Crippen LogP contribution in [0.5, 0.6) is 5.88 Å². The summed E-state index contributed by atoms with van der Waals surface area (Å²) in [5, 5.41) is 0.755. The number of carbonyl (C=O) groups excluding carboxylic acids is 1. The number of fused-ring (bicyclic) bond motifs is 1. The molecule has 8 heteroatoms. The van der Waals surface area contributed by atoms with Crippen LogP contribution in [-0.4, -0.2) is 53.6 Å². The van der Waals surface area contributed by atoms with Gasteiger partial charge in [-0.05, 0) is 42.5 Å². The Morgan fingerprint density at radius 1 is 1.07 bits per heavy atom. The van der Waals surface area contributed by atoms with E-state index in [1.165, 1.54) is 18.5 Å². The fourth-order valence-electron chi connectivity index (χ4n) is 3.21. The van der Waals surface area contributed by atoms with Crippen LogP contribution in [0.4, 0.5) is 10.1 Å². The van der Waals surface area contributed by atoms with Crippen LogP contribution in [0.3, 0.4) is 0 Å². The smallest absolute Gasteiger partial charge is 0.260 e. The number of nitrogens with zero attached hydrogens (tertiary/aromatic N) is 4. The van der Waals surface area contributed by atoms with Crippen LogP contribution < -0.4 is 9.64 Å². The van der Waals surface area contributed by atoms with Crippen molar-refractivity contribution in [3.05, 3.63) is 59.1 Å². The number of anilines is 1. The standard InChI is InChI=1S/C20H18BrFN4O2/c21-14-1-6-18-17(11-14)20(24-13-23-18)28-12-19(27)26-9-7-25(8-10-26)16-4-2-15(22)3-5-16/h1-6,11,13H,7-10,12H2. The van der Waals surface area contributed by atoms with E-state index in [1.54, 1.807) is 17.0 Å². The second kappa shape index (κ2) is 8.10. The van der Waals surface area contributed by atoms with Gasteiger partial charge in [0.15, 0.2) is 6.61 Å². The molecule has 0 unspecified atom stereocenters. The number of carbonyl (C=O) groups is 1. The first-order chi connectivity index (χ1) is 13.6. The zero-order chi connectivity index (χ0) is 19.5. The number of aromatic nitrogens is 2. The van der Waals surface area contributed by atoms with Gasteiger partial charge in [-0.25, -0.2) is 14.4 Å². The largest absolute Gasteiger partial charge is 0.467 e. The molecule has 0 aliphatic carbocycles. The third-order valence-corrected chi connectivity index (χ3v) is 5.21. The van der Waals surface area contributed by atoms with E-state index in [-0.39, 0.29) is 18.3 Å². The number of hydrogen-bond acceptors (Lipinski definition) is 5. The molecule has 1 aliphatic heterocycles. The monoisotopic (exact) mass is 444 g/mol. The predicted octanol–water partition coefficient (Wildman–Crippen LogP) is 3.26. The van der Waals surface area contributed by atoms with Crippen LogP contribution in [0.25, 0.3) is 10.9 Å². The molecule has 2 aromatic carbocycles. The number of halogens is 2. The van der Waals surface area contributed by atoms with E-state index in [1.807, 2.05) is 18.2 Å². The number of rotatable bonds is 4. The molecular formula is C20H18BrFN4O2. The van der Waals surface area contributed by atoms with Gasteiger partial charge in [0.25, 0.3) is 5.91 Å². The summed E-state index contributed by atoms with van der Waals surface area (Å²) in [6.45, 7) is 2.50. The van der Waals surface area contributed by atoms with Crippen LogP contribution in [-0.2, 0) is 4.79 Å². The molecule has 3 aromatic rings. The number of amides is 1. The molecular weight excluding hydrogens is 427 g/mol. The molecule has 0 radical (unpaired) electrons. The van der Waals surface area contributed by atoms with Crippen molar-refractivity contribution in [2.75, 3.05) is 37.7 Å². The lowest BCUT2D eigenvalue weighted by Crippen LogP contribution is -2.50. The van der Waals surface area contributed by atoms with Gasteiger partial charge >= 0.3 is 0 Å². The Morgan fingerprint density at radius 2 is 1.82 bits per heavy atom. The molecule has 144 valence electrons.